The molecule has 1 aliphatic heterocycles. The van der Waals surface area contributed by atoms with E-state index in [-0.39, 0.29) is 5.56 Å². The Morgan fingerprint density at radius 2 is 1.77 bits per heavy atom. The number of benzene rings is 2. The van der Waals surface area contributed by atoms with E-state index in [1.807, 2.05) is 24.3 Å². The quantitative estimate of drug-likeness (QED) is 0.723. The number of ether oxygens (including phenoxy) is 1. The molecule has 1 aliphatic rings. The monoisotopic (exact) mass is 345 g/mol. The maximum atomic E-state index is 11.7. The van der Waals surface area contributed by atoms with Crippen LogP contribution in [-0.2, 0) is 11.3 Å². The van der Waals surface area contributed by atoms with Crippen LogP contribution in [0.25, 0.3) is 10.9 Å². The minimum absolute atomic E-state index is 0.134. The Morgan fingerprint density at radius 3 is 2.58 bits per heavy atom. The summed E-state index contributed by atoms with van der Waals surface area (Å²) >= 11 is 0. The largest absolute Gasteiger partial charge is 0.379 e. The highest BCUT2D eigenvalue weighted by molar-refractivity contribution is 5.78. The van der Waals surface area contributed by atoms with Gasteiger partial charge in [-0.3, -0.25) is 9.69 Å². The summed E-state index contributed by atoms with van der Waals surface area (Å²) in [5.74, 6) is 6.32. The zero-order chi connectivity index (χ0) is 17.8. The van der Waals surface area contributed by atoms with Crippen LogP contribution in [-0.4, -0.2) is 41.2 Å². The molecule has 0 amide bonds. The second kappa shape index (κ2) is 7.52. The summed E-state index contributed by atoms with van der Waals surface area (Å²) < 4.78 is 5.38. The molecule has 0 unspecified atom stereocenters. The third kappa shape index (κ3) is 3.83. The standard InChI is InChI=1S/C21H19N3O2/c25-21-19-8-7-17(13-20(19)22-15-23-21)4-1-16-2-5-18(6-3-16)14-24-9-11-26-12-10-24/h2-3,5-8,13,15H,9-12,14H2,(H,22,23,25). The van der Waals surface area contributed by atoms with E-state index in [9.17, 15) is 4.79 Å². The van der Waals surface area contributed by atoms with Gasteiger partial charge in [0.1, 0.15) is 0 Å². The maximum Gasteiger partial charge on any atom is 0.258 e. The Hall–Kier alpha value is -2.94. The molecule has 1 saturated heterocycles. The molecule has 0 bridgehead atoms. The van der Waals surface area contributed by atoms with E-state index in [1.54, 1.807) is 6.07 Å². The van der Waals surface area contributed by atoms with Gasteiger partial charge in [-0.2, -0.15) is 0 Å². The minimum atomic E-state index is -0.134. The molecule has 5 heteroatoms. The van der Waals surface area contributed by atoms with E-state index in [0.717, 1.165) is 44.0 Å². The highest BCUT2D eigenvalue weighted by atomic mass is 16.5. The lowest BCUT2D eigenvalue weighted by molar-refractivity contribution is 0.0342. The molecule has 1 N–H and O–H groups in total. The maximum absolute atomic E-state index is 11.7. The van der Waals surface area contributed by atoms with E-state index in [2.05, 4.69) is 38.8 Å². The first kappa shape index (κ1) is 16.5. The summed E-state index contributed by atoms with van der Waals surface area (Å²) in [6.45, 7) is 4.55. The van der Waals surface area contributed by atoms with Gasteiger partial charge in [-0.1, -0.05) is 24.0 Å². The number of morpholine rings is 1. The van der Waals surface area contributed by atoms with Gasteiger partial charge in [0.2, 0.25) is 0 Å². The lowest BCUT2D eigenvalue weighted by Crippen LogP contribution is -2.35. The number of aromatic nitrogens is 2. The minimum Gasteiger partial charge on any atom is -0.379 e. The van der Waals surface area contributed by atoms with Crippen LogP contribution >= 0.6 is 0 Å². The molecule has 26 heavy (non-hydrogen) atoms. The summed E-state index contributed by atoms with van der Waals surface area (Å²) in [6, 6.07) is 13.8. The van der Waals surface area contributed by atoms with Gasteiger partial charge >= 0.3 is 0 Å². The fraction of sp³-hybridized carbons (Fsp3) is 0.238. The smallest absolute Gasteiger partial charge is 0.258 e. The van der Waals surface area contributed by atoms with Crippen LogP contribution in [0.4, 0.5) is 0 Å². The van der Waals surface area contributed by atoms with Gasteiger partial charge in [-0.25, -0.2) is 4.98 Å². The number of aromatic amines is 1. The Bertz CT molecular complexity index is 1020. The Balaban J connectivity index is 1.48. The highest BCUT2D eigenvalue weighted by Crippen LogP contribution is 2.10. The molecule has 2 aromatic carbocycles. The SMILES string of the molecule is O=c1[nH]cnc2cc(C#Cc3ccc(CN4CCOCC4)cc3)ccc12. The number of hydrogen-bond acceptors (Lipinski definition) is 4. The third-order valence-corrected chi connectivity index (χ3v) is 4.46. The number of nitrogens with zero attached hydrogens (tertiary/aromatic N) is 2. The first-order valence-corrected chi connectivity index (χ1v) is 8.66. The van der Waals surface area contributed by atoms with Crippen molar-refractivity contribution in [1.29, 1.82) is 0 Å². The van der Waals surface area contributed by atoms with Gasteiger partial charge in [0.15, 0.2) is 0 Å². The molecule has 0 atom stereocenters. The fourth-order valence-corrected chi connectivity index (χ4v) is 3.00. The van der Waals surface area contributed by atoms with Crippen LogP contribution < -0.4 is 5.56 Å². The summed E-state index contributed by atoms with van der Waals surface area (Å²) in [5.41, 5.74) is 3.61. The van der Waals surface area contributed by atoms with E-state index in [4.69, 9.17) is 4.74 Å². The first-order chi connectivity index (χ1) is 12.8. The third-order valence-electron chi connectivity index (χ3n) is 4.46. The second-order valence-electron chi connectivity index (χ2n) is 6.30. The average molecular weight is 345 g/mol. The lowest BCUT2D eigenvalue weighted by Gasteiger charge is -2.26. The van der Waals surface area contributed by atoms with Crippen molar-refractivity contribution in [2.24, 2.45) is 0 Å². The molecular formula is C21H19N3O2. The molecular weight excluding hydrogens is 326 g/mol. The molecule has 0 radical (unpaired) electrons. The van der Waals surface area contributed by atoms with Crippen molar-refractivity contribution in [1.82, 2.24) is 14.9 Å². The van der Waals surface area contributed by atoms with Crippen LogP contribution in [0.5, 0.6) is 0 Å². The zero-order valence-electron chi connectivity index (χ0n) is 14.4. The molecule has 0 aliphatic carbocycles. The topological polar surface area (TPSA) is 58.2 Å². The van der Waals surface area contributed by atoms with Crippen LogP contribution in [0, 0.1) is 11.8 Å². The fourth-order valence-electron chi connectivity index (χ4n) is 3.00. The normalized spacial score (nSPS) is 14.8. The summed E-state index contributed by atoms with van der Waals surface area (Å²) in [6.07, 6.45) is 1.41. The average Bonchev–Trinajstić information content (AvgIpc) is 2.68. The van der Waals surface area contributed by atoms with E-state index < -0.39 is 0 Å². The second-order valence-corrected chi connectivity index (χ2v) is 6.30. The Kier molecular flexibility index (Phi) is 4.78. The zero-order valence-corrected chi connectivity index (χ0v) is 14.4. The van der Waals surface area contributed by atoms with Gasteiger partial charge in [0.05, 0.1) is 30.4 Å². The van der Waals surface area contributed by atoms with Crippen molar-refractivity contribution in [3.8, 4) is 11.8 Å². The molecule has 3 aromatic rings. The van der Waals surface area contributed by atoms with Gasteiger partial charge in [-0.05, 0) is 35.9 Å². The van der Waals surface area contributed by atoms with Crippen molar-refractivity contribution < 1.29 is 4.74 Å². The number of fused-ring (bicyclic) bond motifs is 1. The van der Waals surface area contributed by atoms with Gasteiger partial charge in [0.25, 0.3) is 5.56 Å². The van der Waals surface area contributed by atoms with Crippen LogP contribution in [0.15, 0.2) is 53.6 Å². The molecule has 2 heterocycles. The van der Waals surface area contributed by atoms with Crippen molar-refractivity contribution in [3.63, 3.8) is 0 Å². The molecule has 5 nitrogen and oxygen atoms in total. The van der Waals surface area contributed by atoms with Gasteiger partial charge in [-0.15, -0.1) is 0 Å². The molecule has 0 saturated carbocycles. The predicted octanol–water partition coefficient (Wildman–Crippen LogP) is 2.16. The van der Waals surface area contributed by atoms with E-state index in [0.29, 0.717) is 10.9 Å². The number of hydrogen-bond donors (Lipinski definition) is 1. The highest BCUT2D eigenvalue weighted by Gasteiger charge is 2.10. The molecule has 130 valence electrons. The van der Waals surface area contributed by atoms with Crippen LogP contribution in [0.1, 0.15) is 16.7 Å². The number of nitrogens with one attached hydrogen (secondary N) is 1. The van der Waals surface area contributed by atoms with Gasteiger partial charge in [0, 0.05) is 30.8 Å². The van der Waals surface area contributed by atoms with E-state index >= 15 is 0 Å². The summed E-state index contributed by atoms with van der Waals surface area (Å²) in [5, 5.41) is 0.575. The van der Waals surface area contributed by atoms with Crippen molar-refractivity contribution >= 4 is 10.9 Å². The van der Waals surface area contributed by atoms with Crippen LogP contribution in [0.2, 0.25) is 0 Å². The van der Waals surface area contributed by atoms with E-state index in [1.165, 1.54) is 11.9 Å². The van der Waals surface area contributed by atoms with Crippen molar-refractivity contribution in [2.45, 2.75) is 6.54 Å². The molecule has 4 rings (SSSR count). The Labute approximate surface area is 151 Å². The van der Waals surface area contributed by atoms with Gasteiger partial charge < -0.3 is 9.72 Å². The number of rotatable bonds is 2. The molecule has 1 fully saturated rings. The lowest BCUT2D eigenvalue weighted by atomic mass is 10.1. The predicted molar refractivity (Wildman–Crippen MR) is 101 cm³/mol. The van der Waals surface area contributed by atoms with Crippen molar-refractivity contribution in [3.05, 3.63) is 75.8 Å². The molecule has 0 spiro atoms. The summed E-state index contributed by atoms with van der Waals surface area (Å²) in [4.78, 5) is 20.9. The van der Waals surface area contributed by atoms with Crippen LogP contribution in [0.3, 0.4) is 0 Å². The molecule has 1 aromatic heterocycles. The number of H-pyrrole nitrogens is 1. The summed E-state index contributed by atoms with van der Waals surface area (Å²) in [7, 11) is 0. The Morgan fingerprint density at radius 1 is 1.04 bits per heavy atom. The first-order valence-electron chi connectivity index (χ1n) is 8.66. The van der Waals surface area contributed by atoms with Crippen molar-refractivity contribution in [2.75, 3.05) is 26.3 Å².